The van der Waals surface area contributed by atoms with Crippen molar-refractivity contribution in [2.75, 3.05) is 6.54 Å². The summed E-state index contributed by atoms with van der Waals surface area (Å²) in [5.74, 6) is -0.367. The van der Waals surface area contributed by atoms with Crippen molar-refractivity contribution in [3.05, 3.63) is 0 Å². The highest BCUT2D eigenvalue weighted by Gasteiger charge is 2.38. The third kappa shape index (κ3) is 3.30. The van der Waals surface area contributed by atoms with Gasteiger partial charge in [0.25, 0.3) is 5.91 Å². The van der Waals surface area contributed by atoms with Crippen molar-refractivity contribution in [2.24, 2.45) is 0 Å². The van der Waals surface area contributed by atoms with Gasteiger partial charge < -0.3 is 0 Å². The van der Waals surface area contributed by atoms with Crippen molar-refractivity contribution in [3.63, 3.8) is 0 Å². The molecule has 1 fully saturated rings. The van der Waals surface area contributed by atoms with E-state index in [1.165, 1.54) is 4.49 Å². The first-order valence-corrected chi connectivity index (χ1v) is 6.58. The van der Waals surface area contributed by atoms with Gasteiger partial charge in [-0.2, -0.15) is 8.42 Å². The molecule has 1 heterocycles. The van der Waals surface area contributed by atoms with Crippen LogP contribution in [0.2, 0.25) is 0 Å². The van der Waals surface area contributed by atoms with Gasteiger partial charge in [0.1, 0.15) is 0 Å². The molecule has 0 bridgehead atoms. The highest BCUT2D eigenvalue weighted by atomic mass is 32.2. The van der Waals surface area contributed by atoms with E-state index in [1.54, 1.807) is 0 Å². The number of hydrogen-bond donors (Lipinski definition) is 2. The van der Waals surface area contributed by atoms with Gasteiger partial charge in [-0.25, -0.2) is 0 Å². The van der Waals surface area contributed by atoms with Crippen molar-refractivity contribution < 1.29 is 22.3 Å². The quantitative estimate of drug-likeness (QED) is 0.536. The maximum Gasteiger partial charge on any atom is 0.583 e. The molecule has 1 saturated heterocycles. The van der Waals surface area contributed by atoms with E-state index in [-0.39, 0.29) is 18.9 Å². The maximum absolute atomic E-state index is 11.2. The second-order valence-electron chi connectivity index (χ2n) is 2.81. The molecule has 2 N–H and O–H groups in total. The summed E-state index contributed by atoms with van der Waals surface area (Å²) >= 11 is 0. The minimum atomic E-state index is -4.52. The van der Waals surface area contributed by atoms with E-state index in [9.17, 15) is 17.8 Å². The van der Waals surface area contributed by atoms with Crippen LogP contribution in [-0.2, 0) is 19.7 Å². The van der Waals surface area contributed by atoms with Crippen LogP contribution in [-0.4, -0.2) is 30.1 Å². The van der Waals surface area contributed by atoms with Gasteiger partial charge in [0.2, 0.25) is 0 Å². The molecular weight excluding hydrogens is 231 g/mol. The molecular formula is C5H10N2O5PS+. The summed E-state index contributed by atoms with van der Waals surface area (Å²) in [5.41, 5.74) is 0. The second-order valence-corrected chi connectivity index (χ2v) is 5.52. The number of carbonyl (C=O) groups is 1. The second kappa shape index (κ2) is 4.31. The fourth-order valence-corrected chi connectivity index (χ4v) is 2.94. The molecule has 1 amide bonds. The lowest BCUT2D eigenvalue weighted by atomic mass is 10.2. The van der Waals surface area contributed by atoms with Crippen LogP contribution in [0.4, 0.5) is 0 Å². The fourth-order valence-electron chi connectivity index (χ4n) is 1.13. The van der Waals surface area contributed by atoms with Crippen LogP contribution in [0.25, 0.3) is 0 Å². The van der Waals surface area contributed by atoms with Gasteiger partial charge in [-0.1, -0.05) is 0 Å². The van der Waals surface area contributed by atoms with Crippen LogP contribution in [0.3, 0.4) is 0 Å². The molecule has 1 aliphatic rings. The van der Waals surface area contributed by atoms with E-state index in [1.807, 2.05) is 0 Å². The van der Waals surface area contributed by atoms with E-state index >= 15 is 0 Å². The number of nitrogens with one attached hydrogen (secondary N) is 1. The number of hydrogen-bond acceptors (Lipinski definition) is 4. The van der Waals surface area contributed by atoms with E-state index < -0.39 is 18.4 Å². The molecule has 0 aromatic heterocycles. The van der Waals surface area contributed by atoms with Crippen molar-refractivity contribution >= 4 is 24.3 Å². The molecule has 0 saturated carbocycles. The smallest absolute Gasteiger partial charge is 0.271 e. The van der Waals surface area contributed by atoms with Crippen LogP contribution in [0.5, 0.6) is 0 Å². The van der Waals surface area contributed by atoms with Crippen LogP contribution < -0.4 is 4.49 Å². The SMILES string of the molecule is O=C1CCCCN1[P+](=O)NS(=O)(=O)O. The predicted octanol–water partition coefficient (Wildman–Crippen LogP) is 0.0487. The summed E-state index contributed by atoms with van der Waals surface area (Å²) in [7, 11) is -7.10. The summed E-state index contributed by atoms with van der Waals surface area (Å²) in [5, 5.41) is 0. The minimum Gasteiger partial charge on any atom is -0.271 e. The lowest BCUT2D eigenvalue weighted by molar-refractivity contribution is -0.128. The molecule has 1 aliphatic heterocycles. The lowest BCUT2D eigenvalue weighted by Crippen LogP contribution is -2.33. The Morgan fingerprint density at radius 3 is 2.57 bits per heavy atom. The Kier molecular flexibility index (Phi) is 3.54. The molecule has 7 nitrogen and oxygen atoms in total. The molecule has 0 aromatic carbocycles. The summed E-state index contributed by atoms with van der Waals surface area (Å²) in [6.45, 7) is 0.247. The first-order chi connectivity index (χ1) is 6.40. The van der Waals surface area contributed by atoms with Gasteiger partial charge in [0, 0.05) is 10.9 Å². The molecule has 0 spiro atoms. The fraction of sp³-hybridized carbons (Fsp3) is 0.800. The van der Waals surface area contributed by atoms with Crippen LogP contribution in [0.15, 0.2) is 0 Å². The summed E-state index contributed by atoms with van der Waals surface area (Å²) < 4.78 is 42.6. The van der Waals surface area contributed by atoms with Gasteiger partial charge >= 0.3 is 18.4 Å². The average Bonchev–Trinajstić information content (AvgIpc) is 2.01. The Morgan fingerprint density at radius 1 is 1.43 bits per heavy atom. The Bertz CT molecular complexity index is 353. The molecule has 1 rings (SSSR count). The third-order valence-corrected chi connectivity index (χ3v) is 4.12. The highest BCUT2D eigenvalue weighted by Crippen LogP contribution is 2.28. The van der Waals surface area contributed by atoms with E-state index in [4.69, 9.17) is 4.55 Å². The third-order valence-electron chi connectivity index (χ3n) is 1.71. The van der Waals surface area contributed by atoms with Gasteiger partial charge in [-0.3, -0.25) is 9.35 Å². The Labute approximate surface area is 82.2 Å². The number of piperidine rings is 1. The molecule has 0 aromatic rings. The van der Waals surface area contributed by atoms with E-state index in [2.05, 4.69) is 0 Å². The summed E-state index contributed by atoms with van der Waals surface area (Å²) in [6.07, 6.45) is 1.65. The van der Waals surface area contributed by atoms with Crippen molar-refractivity contribution in [2.45, 2.75) is 19.3 Å². The molecule has 0 aliphatic carbocycles. The predicted molar refractivity (Wildman–Crippen MR) is 47.9 cm³/mol. The number of rotatable bonds is 3. The number of carbonyl (C=O) groups excluding carboxylic acids is 1. The average molecular weight is 241 g/mol. The van der Waals surface area contributed by atoms with Crippen molar-refractivity contribution in [1.29, 1.82) is 0 Å². The van der Waals surface area contributed by atoms with Gasteiger partial charge in [0.05, 0.1) is 6.54 Å². The topological polar surface area (TPSA) is 104 Å². The first-order valence-electron chi connectivity index (χ1n) is 3.92. The van der Waals surface area contributed by atoms with Crippen molar-refractivity contribution in [1.82, 2.24) is 9.16 Å². The van der Waals surface area contributed by atoms with Crippen molar-refractivity contribution in [3.8, 4) is 0 Å². The molecule has 14 heavy (non-hydrogen) atoms. The zero-order chi connectivity index (χ0) is 10.8. The first kappa shape index (κ1) is 11.5. The Balaban J connectivity index is 2.64. The maximum atomic E-state index is 11.2. The standard InChI is InChI=1S/C5H9N2O5PS/c8-5-3-1-2-4-7(5)13(9)6-14(10,11)12/h1-4H2,(H-,6,9,10,11,12)/p+1. The van der Waals surface area contributed by atoms with E-state index in [0.29, 0.717) is 12.8 Å². The minimum absolute atomic E-state index is 0.247. The highest BCUT2D eigenvalue weighted by molar-refractivity contribution is 7.88. The molecule has 0 radical (unpaired) electrons. The zero-order valence-electron chi connectivity index (χ0n) is 7.21. The lowest BCUT2D eigenvalue weighted by Gasteiger charge is -2.15. The van der Waals surface area contributed by atoms with Crippen LogP contribution in [0, 0.1) is 0 Å². The molecule has 80 valence electrons. The van der Waals surface area contributed by atoms with Gasteiger partial charge in [-0.15, -0.1) is 4.67 Å². The zero-order valence-corrected chi connectivity index (χ0v) is 8.92. The van der Waals surface area contributed by atoms with E-state index in [0.717, 1.165) is 4.67 Å². The largest absolute Gasteiger partial charge is 0.583 e. The normalized spacial score (nSPS) is 19.6. The van der Waals surface area contributed by atoms with Crippen LogP contribution >= 0.6 is 8.10 Å². The Hall–Kier alpha value is -0.560. The number of amides is 1. The van der Waals surface area contributed by atoms with Crippen LogP contribution in [0.1, 0.15) is 19.3 Å². The summed E-state index contributed by atoms with van der Waals surface area (Å²) in [6, 6.07) is 0. The summed E-state index contributed by atoms with van der Waals surface area (Å²) in [4.78, 5) is 11.1. The molecule has 1 atom stereocenters. The van der Waals surface area contributed by atoms with Gasteiger partial charge in [0.15, 0.2) is 0 Å². The Morgan fingerprint density at radius 2 is 2.07 bits per heavy atom. The monoisotopic (exact) mass is 241 g/mol. The molecule has 9 heteroatoms. The molecule has 1 unspecified atom stereocenters. The van der Waals surface area contributed by atoms with Gasteiger partial charge in [-0.05, 0) is 17.4 Å². The number of nitrogens with zero attached hydrogens (tertiary/aromatic N) is 1.